The van der Waals surface area contributed by atoms with Gasteiger partial charge in [0.2, 0.25) is 0 Å². The van der Waals surface area contributed by atoms with E-state index >= 15 is 0 Å². The summed E-state index contributed by atoms with van der Waals surface area (Å²) >= 11 is 0. The first-order chi connectivity index (χ1) is 8.24. The fourth-order valence-electron chi connectivity index (χ4n) is 2.01. The number of piperazine rings is 1. The van der Waals surface area contributed by atoms with Crippen molar-refractivity contribution in [3.8, 4) is 5.75 Å². The van der Waals surface area contributed by atoms with Gasteiger partial charge in [-0.25, -0.2) is 4.98 Å². The van der Waals surface area contributed by atoms with E-state index in [0.717, 1.165) is 31.1 Å². The highest BCUT2D eigenvalue weighted by Gasteiger charge is 2.21. The molecular formula is C11H18N4O2. The molecule has 1 saturated heterocycles. The number of methoxy groups -OCH3 is 1. The third-order valence-corrected chi connectivity index (χ3v) is 2.90. The normalized spacial score (nSPS) is 20.4. The number of hydrogen-bond acceptors (Lipinski definition) is 6. The Balaban J connectivity index is 2.20. The number of aliphatic hydroxyl groups excluding tert-OH is 1. The molecule has 0 saturated carbocycles. The van der Waals surface area contributed by atoms with Crippen LogP contribution in [0.15, 0.2) is 12.3 Å². The maximum Gasteiger partial charge on any atom is 0.147 e. The van der Waals surface area contributed by atoms with Gasteiger partial charge in [0.1, 0.15) is 11.6 Å². The quantitative estimate of drug-likeness (QED) is 0.655. The molecule has 94 valence electrons. The number of nitrogen functional groups attached to an aromatic ring is 1. The molecule has 0 aromatic carbocycles. The number of pyridine rings is 1. The van der Waals surface area contributed by atoms with Crippen LogP contribution in [-0.2, 0) is 0 Å². The van der Waals surface area contributed by atoms with Crippen molar-refractivity contribution in [3.05, 3.63) is 12.3 Å². The lowest BCUT2D eigenvalue weighted by Crippen LogP contribution is -2.52. The van der Waals surface area contributed by atoms with Gasteiger partial charge < -0.3 is 25.8 Å². The summed E-state index contributed by atoms with van der Waals surface area (Å²) in [5.74, 6) is 1.16. The molecule has 2 rings (SSSR count). The Bertz CT molecular complexity index is 386. The van der Waals surface area contributed by atoms with Gasteiger partial charge in [0, 0.05) is 31.7 Å². The fraction of sp³-hybridized carbons (Fsp3) is 0.545. The number of rotatable bonds is 3. The minimum absolute atomic E-state index is 0.0889. The third kappa shape index (κ3) is 2.59. The van der Waals surface area contributed by atoms with Crippen LogP contribution < -0.4 is 20.7 Å². The molecule has 1 aromatic heterocycles. The summed E-state index contributed by atoms with van der Waals surface area (Å²) in [7, 11) is 1.62. The van der Waals surface area contributed by atoms with Crippen molar-refractivity contribution in [1.29, 1.82) is 0 Å². The van der Waals surface area contributed by atoms with Crippen molar-refractivity contribution in [2.45, 2.75) is 6.04 Å². The summed E-state index contributed by atoms with van der Waals surface area (Å²) in [6.07, 6.45) is 1.72. The maximum atomic E-state index is 9.17. The Morgan fingerprint density at radius 1 is 1.71 bits per heavy atom. The molecule has 2 heterocycles. The lowest BCUT2D eigenvalue weighted by Gasteiger charge is -2.34. The Kier molecular flexibility index (Phi) is 3.65. The van der Waals surface area contributed by atoms with Crippen LogP contribution in [0.4, 0.5) is 11.5 Å². The molecule has 6 nitrogen and oxygen atoms in total. The molecule has 1 atom stereocenters. The zero-order chi connectivity index (χ0) is 12.3. The second kappa shape index (κ2) is 5.20. The number of nitrogens with two attached hydrogens (primary N) is 1. The molecule has 1 aliphatic rings. The zero-order valence-electron chi connectivity index (χ0n) is 9.89. The van der Waals surface area contributed by atoms with E-state index in [1.807, 2.05) is 0 Å². The molecule has 1 aliphatic heterocycles. The van der Waals surface area contributed by atoms with E-state index in [-0.39, 0.29) is 12.6 Å². The lowest BCUT2D eigenvalue weighted by molar-refractivity contribution is 0.235. The Morgan fingerprint density at radius 2 is 2.53 bits per heavy atom. The van der Waals surface area contributed by atoms with Gasteiger partial charge >= 0.3 is 0 Å². The molecule has 0 unspecified atom stereocenters. The standard InChI is InChI=1S/C11H18N4O2/c1-17-10-4-11(12)14-5-9(10)15-3-2-13-8(6-15)7-16/h4-5,8,13,16H,2-3,6-7H2,1H3,(H2,12,14)/t8-/m0/s1. The first-order valence-corrected chi connectivity index (χ1v) is 5.63. The number of anilines is 2. The molecule has 1 fully saturated rings. The lowest BCUT2D eigenvalue weighted by atomic mass is 10.2. The van der Waals surface area contributed by atoms with Crippen LogP contribution in [-0.4, -0.2) is 49.5 Å². The predicted octanol–water partition coefficient (Wildman–Crippen LogP) is -0.557. The SMILES string of the molecule is COc1cc(N)ncc1N1CCN[C@H](CO)C1. The Hall–Kier alpha value is -1.53. The summed E-state index contributed by atoms with van der Waals surface area (Å²) < 4.78 is 5.30. The van der Waals surface area contributed by atoms with Gasteiger partial charge in [0.05, 0.1) is 25.6 Å². The number of nitrogens with zero attached hydrogens (tertiary/aromatic N) is 2. The summed E-state index contributed by atoms with van der Waals surface area (Å²) in [6, 6.07) is 1.80. The van der Waals surface area contributed by atoms with Gasteiger partial charge in [0.15, 0.2) is 0 Å². The molecular weight excluding hydrogens is 220 g/mol. The van der Waals surface area contributed by atoms with Crippen LogP contribution in [0.1, 0.15) is 0 Å². The number of aliphatic hydroxyl groups is 1. The van der Waals surface area contributed by atoms with Crippen LogP contribution in [0.3, 0.4) is 0 Å². The minimum atomic E-state index is 0.0889. The topological polar surface area (TPSA) is 83.6 Å². The van der Waals surface area contributed by atoms with Crippen LogP contribution in [0.5, 0.6) is 5.75 Å². The van der Waals surface area contributed by atoms with E-state index in [9.17, 15) is 5.11 Å². The monoisotopic (exact) mass is 238 g/mol. The van der Waals surface area contributed by atoms with E-state index in [0.29, 0.717) is 5.82 Å². The zero-order valence-corrected chi connectivity index (χ0v) is 9.89. The summed E-state index contributed by atoms with van der Waals surface area (Å²) in [5.41, 5.74) is 6.54. The van der Waals surface area contributed by atoms with E-state index < -0.39 is 0 Å². The molecule has 0 radical (unpaired) electrons. The van der Waals surface area contributed by atoms with E-state index in [1.54, 1.807) is 19.4 Å². The second-order valence-corrected chi connectivity index (χ2v) is 4.06. The molecule has 0 aliphatic carbocycles. The van der Waals surface area contributed by atoms with Crippen molar-refractivity contribution < 1.29 is 9.84 Å². The highest BCUT2D eigenvalue weighted by Crippen LogP contribution is 2.29. The van der Waals surface area contributed by atoms with Crippen molar-refractivity contribution in [3.63, 3.8) is 0 Å². The van der Waals surface area contributed by atoms with Crippen LogP contribution in [0.25, 0.3) is 0 Å². The van der Waals surface area contributed by atoms with Gasteiger partial charge in [-0.3, -0.25) is 0 Å². The molecule has 1 aromatic rings. The highest BCUT2D eigenvalue weighted by atomic mass is 16.5. The third-order valence-electron chi connectivity index (χ3n) is 2.90. The van der Waals surface area contributed by atoms with Crippen molar-refractivity contribution in [2.24, 2.45) is 0 Å². The maximum absolute atomic E-state index is 9.17. The number of ether oxygens (including phenoxy) is 1. The van der Waals surface area contributed by atoms with Gasteiger partial charge in [-0.1, -0.05) is 0 Å². The second-order valence-electron chi connectivity index (χ2n) is 4.06. The average Bonchev–Trinajstić information content (AvgIpc) is 2.38. The minimum Gasteiger partial charge on any atom is -0.494 e. The van der Waals surface area contributed by atoms with Crippen molar-refractivity contribution in [2.75, 3.05) is 44.0 Å². The van der Waals surface area contributed by atoms with Gasteiger partial charge in [-0.05, 0) is 0 Å². The smallest absolute Gasteiger partial charge is 0.147 e. The first-order valence-electron chi connectivity index (χ1n) is 5.63. The van der Waals surface area contributed by atoms with Crippen molar-refractivity contribution in [1.82, 2.24) is 10.3 Å². The molecule has 0 spiro atoms. The summed E-state index contributed by atoms with van der Waals surface area (Å²) in [5, 5.41) is 12.4. The molecule has 17 heavy (non-hydrogen) atoms. The Labute approximate surface area is 100 Å². The molecule has 6 heteroatoms. The Morgan fingerprint density at radius 3 is 3.24 bits per heavy atom. The van der Waals surface area contributed by atoms with Gasteiger partial charge in [-0.15, -0.1) is 0 Å². The van der Waals surface area contributed by atoms with E-state index in [1.165, 1.54) is 0 Å². The van der Waals surface area contributed by atoms with Crippen LogP contribution in [0.2, 0.25) is 0 Å². The largest absolute Gasteiger partial charge is 0.494 e. The summed E-state index contributed by atoms with van der Waals surface area (Å²) in [4.78, 5) is 6.23. The fourth-order valence-corrected chi connectivity index (χ4v) is 2.01. The molecule has 0 bridgehead atoms. The highest BCUT2D eigenvalue weighted by molar-refractivity contribution is 5.60. The van der Waals surface area contributed by atoms with E-state index in [2.05, 4.69) is 15.2 Å². The van der Waals surface area contributed by atoms with Gasteiger partial charge in [0.25, 0.3) is 0 Å². The average molecular weight is 238 g/mol. The first kappa shape index (κ1) is 11.9. The van der Waals surface area contributed by atoms with Crippen LogP contribution >= 0.6 is 0 Å². The van der Waals surface area contributed by atoms with Crippen LogP contribution in [0, 0.1) is 0 Å². The van der Waals surface area contributed by atoms with Crippen molar-refractivity contribution >= 4 is 11.5 Å². The number of hydrogen-bond donors (Lipinski definition) is 3. The number of nitrogens with one attached hydrogen (secondary N) is 1. The predicted molar refractivity (Wildman–Crippen MR) is 66.3 cm³/mol. The molecule has 0 amide bonds. The number of aromatic nitrogens is 1. The molecule has 4 N–H and O–H groups in total. The van der Waals surface area contributed by atoms with Gasteiger partial charge in [-0.2, -0.15) is 0 Å². The van der Waals surface area contributed by atoms with E-state index in [4.69, 9.17) is 10.5 Å². The summed E-state index contributed by atoms with van der Waals surface area (Å²) in [6.45, 7) is 2.55.